The highest BCUT2D eigenvalue weighted by atomic mass is 14.7. The van der Waals surface area contributed by atoms with E-state index in [0.717, 1.165) is 12.1 Å². The maximum atomic E-state index is 4.27. The van der Waals surface area contributed by atoms with Crippen molar-refractivity contribution in [3.63, 3.8) is 0 Å². The quantitative estimate of drug-likeness (QED) is 0.620. The highest BCUT2D eigenvalue weighted by Crippen LogP contribution is 2.01. The third-order valence-corrected chi connectivity index (χ3v) is 1.87. The fourth-order valence-electron chi connectivity index (χ4n) is 0.906. The van der Waals surface area contributed by atoms with Gasteiger partial charge in [-0.05, 0) is 25.0 Å². The first-order valence-corrected chi connectivity index (χ1v) is 4.58. The Morgan fingerprint density at radius 2 is 2.00 bits per heavy atom. The van der Waals surface area contributed by atoms with Crippen molar-refractivity contribution in [2.24, 2.45) is 4.99 Å². The summed E-state index contributed by atoms with van der Waals surface area (Å²) in [6.45, 7) is 4.14. The number of hydrogen-bond donors (Lipinski definition) is 0. The zero-order valence-corrected chi connectivity index (χ0v) is 8.20. The molecular weight excluding hydrogens is 158 g/mol. The first kappa shape index (κ1) is 9.72. The molecule has 0 aliphatic heterocycles. The van der Waals surface area contributed by atoms with Crippen LogP contribution in [0.3, 0.4) is 0 Å². The van der Waals surface area contributed by atoms with Gasteiger partial charge in [-0.2, -0.15) is 0 Å². The zero-order valence-electron chi connectivity index (χ0n) is 8.20. The Morgan fingerprint density at radius 1 is 1.31 bits per heavy atom. The van der Waals surface area contributed by atoms with Crippen LogP contribution in [-0.2, 0) is 0 Å². The summed E-state index contributed by atoms with van der Waals surface area (Å²) < 4.78 is 0. The summed E-state index contributed by atoms with van der Waals surface area (Å²) >= 11 is 0. The van der Waals surface area contributed by atoms with Crippen LogP contribution in [0.15, 0.2) is 41.5 Å². The minimum absolute atomic E-state index is 1.01. The first-order valence-electron chi connectivity index (χ1n) is 4.58. The molecule has 0 aromatic heterocycles. The molecule has 0 saturated carbocycles. The molecule has 0 unspecified atom stereocenters. The van der Waals surface area contributed by atoms with E-state index in [9.17, 15) is 0 Å². The minimum atomic E-state index is 1.01. The maximum absolute atomic E-state index is 4.27. The van der Waals surface area contributed by atoms with Crippen molar-refractivity contribution in [1.29, 1.82) is 0 Å². The molecule has 1 nitrogen and oxygen atoms in total. The molecular formula is C12H15N. The van der Waals surface area contributed by atoms with Crippen LogP contribution in [0.25, 0.3) is 6.08 Å². The van der Waals surface area contributed by atoms with Gasteiger partial charge in [-0.25, -0.2) is 0 Å². The lowest BCUT2D eigenvalue weighted by Crippen LogP contribution is -1.83. The van der Waals surface area contributed by atoms with E-state index in [1.807, 2.05) is 37.4 Å². The molecule has 0 spiro atoms. The largest absolute Gasteiger partial charge is 0.266 e. The third kappa shape index (κ3) is 3.70. The standard InChI is InChI=1S/C12H15N/c1-3-11(2)13-10-9-12-7-5-4-6-8-12/h4-10H,3H2,1-2H3/b10-9-,13-11?. The summed E-state index contributed by atoms with van der Waals surface area (Å²) in [5, 5.41) is 0. The Bertz CT molecular complexity index is 296. The van der Waals surface area contributed by atoms with Gasteiger partial charge >= 0.3 is 0 Å². The van der Waals surface area contributed by atoms with Crippen LogP contribution in [0.1, 0.15) is 25.8 Å². The maximum Gasteiger partial charge on any atom is 0.0273 e. The van der Waals surface area contributed by atoms with Gasteiger partial charge in [-0.1, -0.05) is 37.3 Å². The van der Waals surface area contributed by atoms with Crippen molar-refractivity contribution in [2.75, 3.05) is 0 Å². The summed E-state index contributed by atoms with van der Waals surface area (Å²) in [6.07, 6.45) is 4.88. The highest BCUT2D eigenvalue weighted by molar-refractivity contribution is 5.82. The van der Waals surface area contributed by atoms with E-state index >= 15 is 0 Å². The van der Waals surface area contributed by atoms with Crippen LogP contribution in [0.5, 0.6) is 0 Å². The van der Waals surface area contributed by atoms with Crippen molar-refractivity contribution in [2.45, 2.75) is 20.3 Å². The molecule has 0 aliphatic rings. The molecule has 1 aromatic rings. The molecule has 1 rings (SSSR count). The Labute approximate surface area is 79.8 Å². The topological polar surface area (TPSA) is 12.4 Å². The lowest BCUT2D eigenvalue weighted by atomic mass is 10.2. The van der Waals surface area contributed by atoms with E-state index < -0.39 is 0 Å². The van der Waals surface area contributed by atoms with Gasteiger partial charge in [0.15, 0.2) is 0 Å². The van der Waals surface area contributed by atoms with Crippen LogP contribution in [-0.4, -0.2) is 5.71 Å². The lowest BCUT2D eigenvalue weighted by Gasteiger charge is -1.90. The molecule has 0 fully saturated rings. The SMILES string of the molecule is CCC(C)=N/C=C\c1ccccc1. The minimum Gasteiger partial charge on any atom is -0.266 e. The second-order valence-corrected chi connectivity index (χ2v) is 2.94. The van der Waals surface area contributed by atoms with Gasteiger partial charge in [0, 0.05) is 11.9 Å². The Kier molecular flexibility index (Phi) is 3.97. The Morgan fingerprint density at radius 3 is 2.62 bits per heavy atom. The molecule has 0 bridgehead atoms. The molecule has 0 aliphatic carbocycles. The van der Waals surface area contributed by atoms with E-state index in [1.54, 1.807) is 0 Å². The zero-order chi connectivity index (χ0) is 9.52. The summed E-state index contributed by atoms with van der Waals surface area (Å²) in [6, 6.07) is 10.2. The molecule has 0 heterocycles. The van der Waals surface area contributed by atoms with Crippen LogP contribution < -0.4 is 0 Å². The normalized spacial score (nSPS) is 12.3. The number of rotatable bonds is 3. The van der Waals surface area contributed by atoms with Crippen molar-refractivity contribution < 1.29 is 0 Å². The second kappa shape index (κ2) is 5.31. The number of nitrogens with zero attached hydrogens (tertiary/aromatic N) is 1. The fourth-order valence-corrected chi connectivity index (χ4v) is 0.906. The predicted molar refractivity (Wildman–Crippen MR) is 58.9 cm³/mol. The Balaban J connectivity index is 2.60. The van der Waals surface area contributed by atoms with Gasteiger partial charge in [0.2, 0.25) is 0 Å². The molecule has 0 saturated heterocycles. The van der Waals surface area contributed by atoms with Gasteiger partial charge in [0.05, 0.1) is 0 Å². The van der Waals surface area contributed by atoms with Gasteiger partial charge in [-0.15, -0.1) is 0 Å². The second-order valence-electron chi connectivity index (χ2n) is 2.94. The van der Waals surface area contributed by atoms with Crippen molar-refractivity contribution in [3.05, 3.63) is 42.1 Å². The molecule has 0 N–H and O–H groups in total. The summed E-state index contributed by atoms with van der Waals surface area (Å²) in [7, 11) is 0. The number of benzene rings is 1. The van der Waals surface area contributed by atoms with Crippen LogP contribution in [0, 0.1) is 0 Å². The molecule has 68 valence electrons. The monoisotopic (exact) mass is 173 g/mol. The summed E-state index contributed by atoms with van der Waals surface area (Å²) in [5.41, 5.74) is 2.35. The predicted octanol–water partition coefficient (Wildman–Crippen LogP) is 3.53. The molecule has 1 heteroatoms. The van der Waals surface area contributed by atoms with Gasteiger partial charge in [0.25, 0.3) is 0 Å². The van der Waals surface area contributed by atoms with E-state index in [4.69, 9.17) is 0 Å². The van der Waals surface area contributed by atoms with Crippen molar-refractivity contribution in [3.8, 4) is 0 Å². The average molecular weight is 173 g/mol. The number of aliphatic imine (C=N–C) groups is 1. The first-order chi connectivity index (χ1) is 6.33. The van der Waals surface area contributed by atoms with E-state index in [2.05, 4.69) is 24.0 Å². The van der Waals surface area contributed by atoms with E-state index in [-0.39, 0.29) is 0 Å². The average Bonchev–Trinajstić information content (AvgIpc) is 2.19. The lowest BCUT2D eigenvalue weighted by molar-refractivity contribution is 1.25. The molecule has 13 heavy (non-hydrogen) atoms. The van der Waals surface area contributed by atoms with Crippen LogP contribution in [0.4, 0.5) is 0 Å². The van der Waals surface area contributed by atoms with Crippen LogP contribution >= 0.6 is 0 Å². The number of hydrogen-bond acceptors (Lipinski definition) is 1. The van der Waals surface area contributed by atoms with Gasteiger partial charge in [-0.3, -0.25) is 4.99 Å². The van der Waals surface area contributed by atoms with Gasteiger partial charge < -0.3 is 0 Å². The molecule has 1 aromatic carbocycles. The van der Waals surface area contributed by atoms with E-state index in [0.29, 0.717) is 0 Å². The molecule has 0 radical (unpaired) electrons. The summed E-state index contributed by atoms with van der Waals surface area (Å²) in [5.74, 6) is 0. The van der Waals surface area contributed by atoms with Crippen molar-refractivity contribution >= 4 is 11.8 Å². The highest BCUT2D eigenvalue weighted by Gasteiger charge is 1.82. The third-order valence-electron chi connectivity index (χ3n) is 1.87. The molecule has 0 atom stereocenters. The van der Waals surface area contributed by atoms with Crippen LogP contribution in [0.2, 0.25) is 0 Å². The Hall–Kier alpha value is -1.37. The van der Waals surface area contributed by atoms with E-state index in [1.165, 1.54) is 5.56 Å². The fraction of sp³-hybridized carbons (Fsp3) is 0.250. The summed E-state index contributed by atoms with van der Waals surface area (Å²) in [4.78, 5) is 4.27. The van der Waals surface area contributed by atoms with Crippen molar-refractivity contribution in [1.82, 2.24) is 0 Å². The molecule has 0 amide bonds. The smallest absolute Gasteiger partial charge is 0.0273 e. The van der Waals surface area contributed by atoms with Gasteiger partial charge in [0.1, 0.15) is 0 Å².